The predicted octanol–water partition coefficient (Wildman–Crippen LogP) is 3.99. The van der Waals surface area contributed by atoms with E-state index in [1.54, 1.807) is 0 Å². The first-order valence-corrected chi connectivity index (χ1v) is 8.34. The lowest BCUT2D eigenvalue weighted by Gasteiger charge is -2.17. The Morgan fingerprint density at radius 3 is 2.64 bits per heavy atom. The summed E-state index contributed by atoms with van der Waals surface area (Å²) in [5, 5.41) is 3.80. The summed E-state index contributed by atoms with van der Waals surface area (Å²) in [6.07, 6.45) is -7.30. The molecule has 2 rings (SSSR count). The van der Waals surface area contributed by atoms with Gasteiger partial charge >= 0.3 is 12.1 Å². The minimum Gasteiger partial charge on any atom is -0.464 e. The molecule has 0 fully saturated rings. The van der Waals surface area contributed by atoms with Crippen LogP contribution in [0.5, 0.6) is 0 Å². The summed E-state index contributed by atoms with van der Waals surface area (Å²) < 4.78 is 69.1. The fraction of sp³-hybridized carbons (Fsp3) is 0.438. The Morgan fingerprint density at radius 1 is 1.36 bits per heavy atom. The predicted molar refractivity (Wildman–Crippen MR) is 89.0 cm³/mol. The van der Waals surface area contributed by atoms with E-state index in [-0.39, 0.29) is 10.7 Å². The number of carbonyl (C=O) groups excluding carboxylic acids is 1. The number of ether oxygens (including phenoxy) is 1. The number of benzene rings is 1. The van der Waals surface area contributed by atoms with E-state index >= 15 is 0 Å². The smallest absolute Gasteiger partial charge is 0.392 e. The molecular weight excluding hydrogens is 411 g/mol. The van der Waals surface area contributed by atoms with Gasteiger partial charge in [-0.05, 0) is 17.7 Å². The molecule has 0 bridgehead atoms. The van der Waals surface area contributed by atoms with Crippen LogP contribution in [0.15, 0.2) is 24.5 Å². The van der Waals surface area contributed by atoms with Crippen LogP contribution >= 0.6 is 11.6 Å². The van der Waals surface area contributed by atoms with Gasteiger partial charge in [-0.2, -0.15) is 18.3 Å². The second kappa shape index (κ2) is 8.82. The SMILES string of the molecule is C[C@H](CC(=O)OC[C@@H](N)c1ccc(Cl)c(-n2ncnc2C(F)F)c1)C(F)(F)F. The molecule has 0 unspecified atom stereocenters. The maximum atomic E-state index is 13.0. The topological polar surface area (TPSA) is 83.0 Å². The molecule has 1 aromatic carbocycles. The van der Waals surface area contributed by atoms with Crippen molar-refractivity contribution in [1.82, 2.24) is 14.8 Å². The molecule has 154 valence electrons. The van der Waals surface area contributed by atoms with Crippen molar-refractivity contribution in [3.63, 3.8) is 0 Å². The van der Waals surface area contributed by atoms with Gasteiger partial charge in [-0.15, -0.1) is 0 Å². The molecule has 2 atom stereocenters. The third kappa shape index (κ3) is 5.38. The zero-order valence-corrected chi connectivity index (χ0v) is 15.2. The molecular formula is C16H16ClF5N4O2. The van der Waals surface area contributed by atoms with Crippen molar-refractivity contribution in [2.45, 2.75) is 32.0 Å². The highest BCUT2D eigenvalue weighted by Crippen LogP contribution is 2.29. The number of aromatic nitrogens is 3. The molecule has 0 saturated carbocycles. The van der Waals surface area contributed by atoms with Gasteiger partial charge in [0.15, 0.2) is 5.82 Å². The first kappa shape index (κ1) is 22.0. The van der Waals surface area contributed by atoms with Crippen LogP contribution in [0.2, 0.25) is 5.02 Å². The standard InChI is InChI=1S/C16H16ClF5N4O2/c1-8(16(20,21)22)4-13(27)28-6-11(23)9-2-3-10(17)12(5-9)26-15(14(18)19)24-7-25-26/h2-3,5,7-8,11,14H,4,6,23H2,1H3/t8-,11-/m1/s1. The Bertz CT molecular complexity index is 828. The van der Waals surface area contributed by atoms with Crippen molar-refractivity contribution in [2.24, 2.45) is 11.7 Å². The summed E-state index contributed by atoms with van der Waals surface area (Å²) in [6.45, 7) is 0.467. The molecule has 0 aliphatic carbocycles. The fourth-order valence-electron chi connectivity index (χ4n) is 2.21. The van der Waals surface area contributed by atoms with Gasteiger partial charge in [-0.25, -0.2) is 18.4 Å². The van der Waals surface area contributed by atoms with Gasteiger partial charge < -0.3 is 10.5 Å². The summed E-state index contributed by atoms with van der Waals surface area (Å²) >= 11 is 6.03. The number of nitrogens with two attached hydrogens (primary N) is 1. The summed E-state index contributed by atoms with van der Waals surface area (Å²) in [4.78, 5) is 15.0. The minimum absolute atomic E-state index is 0.0828. The quantitative estimate of drug-likeness (QED) is 0.534. The van der Waals surface area contributed by atoms with Crippen LogP contribution in [-0.4, -0.2) is 33.5 Å². The molecule has 0 aliphatic rings. The molecule has 6 nitrogen and oxygen atoms in total. The van der Waals surface area contributed by atoms with E-state index in [9.17, 15) is 26.7 Å². The van der Waals surface area contributed by atoms with E-state index < -0.39 is 49.4 Å². The van der Waals surface area contributed by atoms with E-state index in [1.807, 2.05) is 0 Å². The summed E-state index contributed by atoms with van der Waals surface area (Å²) in [5.74, 6) is -3.52. The number of hydrogen-bond acceptors (Lipinski definition) is 5. The molecule has 0 saturated heterocycles. The average molecular weight is 427 g/mol. The maximum absolute atomic E-state index is 13.0. The Balaban J connectivity index is 2.09. The molecule has 0 amide bonds. The third-order valence-corrected chi connectivity index (χ3v) is 4.17. The molecule has 0 spiro atoms. The van der Waals surface area contributed by atoms with Gasteiger partial charge in [0.1, 0.15) is 12.9 Å². The lowest BCUT2D eigenvalue weighted by atomic mass is 10.1. The normalized spacial score (nSPS) is 14.2. The highest BCUT2D eigenvalue weighted by atomic mass is 35.5. The molecule has 12 heteroatoms. The van der Waals surface area contributed by atoms with Crippen LogP contribution in [0.3, 0.4) is 0 Å². The van der Waals surface area contributed by atoms with Gasteiger partial charge in [-0.1, -0.05) is 24.6 Å². The first-order chi connectivity index (χ1) is 13.0. The second-order valence-electron chi connectivity index (χ2n) is 5.98. The summed E-state index contributed by atoms with van der Waals surface area (Å²) in [5.41, 5.74) is 6.33. The molecule has 1 aromatic heterocycles. The van der Waals surface area contributed by atoms with Crippen molar-refractivity contribution in [3.8, 4) is 5.69 Å². The number of esters is 1. The van der Waals surface area contributed by atoms with E-state index in [0.717, 1.165) is 17.9 Å². The van der Waals surface area contributed by atoms with E-state index in [0.29, 0.717) is 5.56 Å². The number of nitrogens with zero attached hydrogens (tertiary/aromatic N) is 3. The van der Waals surface area contributed by atoms with E-state index in [2.05, 4.69) is 10.1 Å². The van der Waals surface area contributed by atoms with Gasteiger partial charge in [0.05, 0.1) is 29.1 Å². The van der Waals surface area contributed by atoms with Crippen LogP contribution in [0.25, 0.3) is 5.69 Å². The number of hydrogen-bond donors (Lipinski definition) is 1. The highest BCUT2D eigenvalue weighted by Gasteiger charge is 2.37. The van der Waals surface area contributed by atoms with Crippen LogP contribution in [-0.2, 0) is 9.53 Å². The summed E-state index contributed by atoms with van der Waals surface area (Å²) in [6, 6.07) is 3.30. The lowest BCUT2D eigenvalue weighted by molar-refractivity contribution is -0.180. The fourth-order valence-corrected chi connectivity index (χ4v) is 2.41. The van der Waals surface area contributed by atoms with Crippen molar-refractivity contribution in [3.05, 3.63) is 40.9 Å². The monoisotopic (exact) mass is 426 g/mol. The zero-order valence-electron chi connectivity index (χ0n) is 14.5. The Labute approximate surface area is 161 Å². The Hall–Kier alpha value is -2.27. The molecule has 0 aliphatic heterocycles. The first-order valence-electron chi connectivity index (χ1n) is 7.96. The van der Waals surface area contributed by atoms with Crippen molar-refractivity contribution in [1.29, 1.82) is 0 Å². The van der Waals surface area contributed by atoms with Gasteiger partial charge in [0.25, 0.3) is 6.43 Å². The highest BCUT2D eigenvalue weighted by molar-refractivity contribution is 6.32. The Kier molecular flexibility index (Phi) is 6.94. The van der Waals surface area contributed by atoms with Crippen molar-refractivity contribution >= 4 is 17.6 Å². The van der Waals surface area contributed by atoms with Crippen LogP contribution in [0.4, 0.5) is 22.0 Å². The molecule has 28 heavy (non-hydrogen) atoms. The zero-order chi connectivity index (χ0) is 21.1. The number of carbonyl (C=O) groups is 1. The lowest BCUT2D eigenvalue weighted by Crippen LogP contribution is -2.25. The van der Waals surface area contributed by atoms with Crippen LogP contribution in [0.1, 0.15) is 37.2 Å². The van der Waals surface area contributed by atoms with Crippen LogP contribution < -0.4 is 5.73 Å². The third-order valence-electron chi connectivity index (χ3n) is 3.85. The van der Waals surface area contributed by atoms with Gasteiger partial charge in [-0.3, -0.25) is 4.79 Å². The largest absolute Gasteiger partial charge is 0.464 e. The number of rotatable bonds is 7. The minimum atomic E-state index is -4.51. The molecule has 2 aromatic rings. The van der Waals surface area contributed by atoms with E-state index in [1.165, 1.54) is 18.2 Å². The van der Waals surface area contributed by atoms with Gasteiger partial charge in [0, 0.05) is 0 Å². The van der Waals surface area contributed by atoms with Crippen molar-refractivity contribution < 1.29 is 31.5 Å². The maximum Gasteiger partial charge on any atom is 0.392 e. The summed E-state index contributed by atoms with van der Waals surface area (Å²) in [7, 11) is 0. The molecule has 2 N–H and O–H groups in total. The van der Waals surface area contributed by atoms with Crippen molar-refractivity contribution in [2.75, 3.05) is 6.61 Å². The second-order valence-corrected chi connectivity index (χ2v) is 6.39. The van der Waals surface area contributed by atoms with Gasteiger partial charge in [0.2, 0.25) is 0 Å². The molecule has 0 radical (unpaired) electrons. The average Bonchev–Trinajstić information content (AvgIpc) is 3.09. The number of halogens is 6. The Morgan fingerprint density at radius 2 is 2.04 bits per heavy atom. The van der Waals surface area contributed by atoms with E-state index in [4.69, 9.17) is 22.1 Å². The molecule has 1 heterocycles. The number of alkyl halides is 5. The van der Waals surface area contributed by atoms with Crippen LogP contribution in [0, 0.1) is 5.92 Å².